The summed E-state index contributed by atoms with van der Waals surface area (Å²) >= 11 is 0. The van der Waals surface area contributed by atoms with E-state index in [1.165, 1.54) is 38.5 Å². The van der Waals surface area contributed by atoms with Crippen molar-refractivity contribution in [2.24, 2.45) is 29.6 Å². The van der Waals surface area contributed by atoms with Crippen molar-refractivity contribution >= 4 is 5.97 Å². The molecule has 0 aromatic rings. The highest BCUT2D eigenvalue weighted by Gasteiger charge is 2.47. The van der Waals surface area contributed by atoms with Gasteiger partial charge in [0.25, 0.3) is 0 Å². The summed E-state index contributed by atoms with van der Waals surface area (Å²) in [5.41, 5.74) is 0. The van der Waals surface area contributed by atoms with Crippen LogP contribution in [0.5, 0.6) is 0 Å². The van der Waals surface area contributed by atoms with E-state index in [1.807, 2.05) is 0 Å². The van der Waals surface area contributed by atoms with Gasteiger partial charge < -0.3 is 5.11 Å². The van der Waals surface area contributed by atoms with Crippen molar-refractivity contribution in [1.29, 1.82) is 0 Å². The molecule has 90 valence electrons. The van der Waals surface area contributed by atoms with Gasteiger partial charge in [0.1, 0.15) is 0 Å². The minimum absolute atomic E-state index is 0.378. The summed E-state index contributed by atoms with van der Waals surface area (Å²) in [5.74, 6) is 4.27. The maximum atomic E-state index is 10.5. The first-order chi connectivity index (χ1) is 7.72. The van der Waals surface area contributed by atoms with Crippen molar-refractivity contribution in [2.45, 2.75) is 51.4 Å². The molecular formula is C14H22O2. The van der Waals surface area contributed by atoms with Crippen molar-refractivity contribution in [2.75, 3.05) is 0 Å². The molecular weight excluding hydrogens is 200 g/mol. The van der Waals surface area contributed by atoms with Crippen LogP contribution >= 0.6 is 0 Å². The van der Waals surface area contributed by atoms with Crippen molar-refractivity contribution in [3.8, 4) is 0 Å². The fourth-order valence-corrected chi connectivity index (χ4v) is 5.00. The number of carbonyl (C=O) groups is 1. The highest BCUT2D eigenvalue weighted by atomic mass is 16.4. The lowest BCUT2D eigenvalue weighted by Gasteiger charge is -2.54. The number of rotatable bonds is 4. The number of hydrogen-bond acceptors (Lipinski definition) is 1. The monoisotopic (exact) mass is 222 g/mol. The minimum Gasteiger partial charge on any atom is -0.481 e. The summed E-state index contributed by atoms with van der Waals surface area (Å²) in [4.78, 5) is 10.5. The summed E-state index contributed by atoms with van der Waals surface area (Å²) in [5, 5.41) is 8.70. The third-order valence-corrected chi connectivity index (χ3v) is 5.35. The molecule has 4 bridgehead atoms. The van der Waals surface area contributed by atoms with E-state index in [1.54, 1.807) is 0 Å². The Hall–Kier alpha value is -0.530. The summed E-state index contributed by atoms with van der Waals surface area (Å²) in [6, 6.07) is 0. The topological polar surface area (TPSA) is 37.3 Å². The molecule has 0 spiro atoms. The third kappa shape index (κ3) is 1.87. The van der Waals surface area contributed by atoms with Gasteiger partial charge in [-0.1, -0.05) is 0 Å². The maximum absolute atomic E-state index is 10.5. The SMILES string of the molecule is O=C(O)CCCC1C2CC3CC(C2)CC1C3. The molecule has 4 aliphatic carbocycles. The first kappa shape index (κ1) is 10.6. The van der Waals surface area contributed by atoms with E-state index >= 15 is 0 Å². The summed E-state index contributed by atoms with van der Waals surface area (Å²) < 4.78 is 0. The van der Waals surface area contributed by atoms with Crippen LogP contribution < -0.4 is 0 Å². The van der Waals surface area contributed by atoms with Crippen LogP contribution in [0.1, 0.15) is 51.4 Å². The van der Waals surface area contributed by atoms with Crippen LogP contribution in [0, 0.1) is 29.6 Å². The molecule has 0 amide bonds. The zero-order chi connectivity index (χ0) is 11.1. The summed E-state index contributed by atoms with van der Waals surface area (Å²) in [6.45, 7) is 0. The number of carboxylic acid groups (broad SMARTS) is 1. The van der Waals surface area contributed by atoms with Gasteiger partial charge in [-0.15, -0.1) is 0 Å². The lowest BCUT2D eigenvalue weighted by molar-refractivity contribution is -0.137. The highest BCUT2D eigenvalue weighted by molar-refractivity contribution is 5.66. The lowest BCUT2D eigenvalue weighted by Crippen LogP contribution is -2.45. The molecule has 0 aromatic carbocycles. The third-order valence-electron chi connectivity index (χ3n) is 5.35. The van der Waals surface area contributed by atoms with E-state index < -0.39 is 5.97 Å². The molecule has 2 heteroatoms. The molecule has 2 nitrogen and oxygen atoms in total. The average molecular weight is 222 g/mol. The second kappa shape index (κ2) is 4.05. The Balaban J connectivity index is 1.57. The van der Waals surface area contributed by atoms with Crippen LogP contribution in [0.3, 0.4) is 0 Å². The standard InChI is InChI=1S/C14H22O2/c15-14(16)3-1-2-13-11-5-9-4-10(7-11)8-12(13)6-9/h9-13H,1-8H2,(H,15,16). The Labute approximate surface area is 97.4 Å². The maximum Gasteiger partial charge on any atom is 0.303 e. The van der Waals surface area contributed by atoms with Crippen molar-refractivity contribution in [1.82, 2.24) is 0 Å². The molecule has 16 heavy (non-hydrogen) atoms. The Morgan fingerprint density at radius 3 is 2.06 bits per heavy atom. The predicted octanol–water partition coefficient (Wildman–Crippen LogP) is 3.31. The molecule has 0 aromatic heterocycles. The van der Waals surface area contributed by atoms with Gasteiger partial charge in [0, 0.05) is 6.42 Å². The zero-order valence-corrected chi connectivity index (χ0v) is 9.90. The van der Waals surface area contributed by atoms with Crippen molar-refractivity contribution in [3.05, 3.63) is 0 Å². The normalized spacial score (nSPS) is 44.9. The van der Waals surface area contributed by atoms with Crippen LogP contribution in [0.15, 0.2) is 0 Å². The van der Waals surface area contributed by atoms with Gasteiger partial charge in [-0.3, -0.25) is 4.79 Å². The first-order valence-corrected chi connectivity index (χ1v) is 6.94. The molecule has 4 aliphatic rings. The fourth-order valence-electron chi connectivity index (χ4n) is 5.00. The van der Waals surface area contributed by atoms with Gasteiger partial charge in [-0.2, -0.15) is 0 Å². The van der Waals surface area contributed by atoms with Gasteiger partial charge in [0.2, 0.25) is 0 Å². The van der Waals surface area contributed by atoms with E-state index in [0.29, 0.717) is 6.42 Å². The van der Waals surface area contributed by atoms with Gasteiger partial charge >= 0.3 is 5.97 Å². The molecule has 4 saturated carbocycles. The Kier molecular flexibility index (Phi) is 2.68. The summed E-state index contributed by atoms with van der Waals surface area (Å²) in [7, 11) is 0. The van der Waals surface area contributed by atoms with E-state index in [9.17, 15) is 4.79 Å². The predicted molar refractivity (Wildman–Crippen MR) is 62.0 cm³/mol. The smallest absolute Gasteiger partial charge is 0.303 e. The van der Waals surface area contributed by atoms with E-state index in [0.717, 1.165) is 36.0 Å². The van der Waals surface area contributed by atoms with Gasteiger partial charge in [-0.25, -0.2) is 0 Å². The molecule has 4 fully saturated rings. The van der Waals surface area contributed by atoms with Crippen LogP contribution in [0.25, 0.3) is 0 Å². The molecule has 0 saturated heterocycles. The molecule has 0 aliphatic heterocycles. The quantitative estimate of drug-likeness (QED) is 0.792. The first-order valence-electron chi connectivity index (χ1n) is 6.94. The number of aliphatic carboxylic acids is 1. The van der Waals surface area contributed by atoms with Gasteiger partial charge in [0.05, 0.1) is 0 Å². The molecule has 4 rings (SSSR count). The highest BCUT2D eigenvalue weighted by Crippen LogP contribution is 2.57. The lowest BCUT2D eigenvalue weighted by atomic mass is 9.51. The molecule has 0 atom stereocenters. The van der Waals surface area contributed by atoms with Crippen LogP contribution in [0.2, 0.25) is 0 Å². The molecule has 0 heterocycles. The molecule has 0 unspecified atom stereocenters. The Morgan fingerprint density at radius 1 is 1.00 bits per heavy atom. The van der Waals surface area contributed by atoms with Gasteiger partial charge in [-0.05, 0) is 74.5 Å². The fraction of sp³-hybridized carbons (Fsp3) is 0.929. The second-order valence-corrected chi connectivity index (χ2v) is 6.38. The number of carboxylic acids is 1. The molecule has 1 N–H and O–H groups in total. The second-order valence-electron chi connectivity index (χ2n) is 6.38. The van der Waals surface area contributed by atoms with Crippen molar-refractivity contribution in [3.63, 3.8) is 0 Å². The molecule has 0 radical (unpaired) electrons. The Morgan fingerprint density at radius 2 is 1.56 bits per heavy atom. The number of hydrogen-bond donors (Lipinski definition) is 1. The summed E-state index contributed by atoms with van der Waals surface area (Å²) in [6.07, 6.45) is 9.83. The van der Waals surface area contributed by atoms with E-state index in [2.05, 4.69) is 0 Å². The average Bonchev–Trinajstić information content (AvgIpc) is 2.20. The van der Waals surface area contributed by atoms with Crippen LogP contribution in [-0.4, -0.2) is 11.1 Å². The largest absolute Gasteiger partial charge is 0.481 e. The van der Waals surface area contributed by atoms with Crippen molar-refractivity contribution < 1.29 is 9.90 Å². The van der Waals surface area contributed by atoms with Gasteiger partial charge in [0.15, 0.2) is 0 Å². The zero-order valence-electron chi connectivity index (χ0n) is 9.90. The Bertz CT molecular complexity index is 256. The van der Waals surface area contributed by atoms with E-state index in [4.69, 9.17) is 5.11 Å². The van der Waals surface area contributed by atoms with Crippen LogP contribution in [-0.2, 0) is 4.79 Å². The van der Waals surface area contributed by atoms with E-state index in [-0.39, 0.29) is 0 Å². The minimum atomic E-state index is -0.621. The van der Waals surface area contributed by atoms with Crippen LogP contribution in [0.4, 0.5) is 0 Å².